The third-order valence-corrected chi connectivity index (χ3v) is 7.36. The zero-order valence-electron chi connectivity index (χ0n) is 20.5. The Bertz CT molecular complexity index is 1550. The third kappa shape index (κ3) is 3.90. The first-order valence-electron chi connectivity index (χ1n) is 12.4. The van der Waals surface area contributed by atoms with Crippen LogP contribution >= 0.6 is 0 Å². The number of aryl methyl sites for hydroxylation is 2. The largest absolute Gasteiger partial charge is 0.488 e. The lowest BCUT2D eigenvalue weighted by atomic mass is 9.95. The number of nitriles is 1. The van der Waals surface area contributed by atoms with Gasteiger partial charge in [0.15, 0.2) is 11.5 Å². The van der Waals surface area contributed by atoms with Crippen LogP contribution in [0.4, 0.5) is 5.69 Å². The summed E-state index contributed by atoms with van der Waals surface area (Å²) in [7, 11) is 1.71. The van der Waals surface area contributed by atoms with Gasteiger partial charge in [0.2, 0.25) is 0 Å². The van der Waals surface area contributed by atoms with Crippen LogP contribution in [0.15, 0.2) is 45.6 Å². The normalized spacial score (nSPS) is 18.7. The minimum Gasteiger partial charge on any atom is -0.488 e. The molecule has 0 amide bonds. The molecule has 8 nitrogen and oxygen atoms in total. The summed E-state index contributed by atoms with van der Waals surface area (Å²) < 4.78 is 19.1. The number of aromatic nitrogens is 2. The second-order valence-corrected chi connectivity index (χ2v) is 9.77. The highest BCUT2D eigenvalue weighted by atomic mass is 16.5. The van der Waals surface area contributed by atoms with Gasteiger partial charge >= 0.3 is 0 Å². The van der Waals surface area contributed by atoms with Gasteiger partial charge in [-0.2, -0.15) is 5.26 Å². The van der Waals surface area contributed by atoms with Crippen molar-refractivity contribution in [2.24, 2.45) is 7.05 Å². The Morgan fingerprint density at radius 1 is 1.14 bits per heavy atom. The monoisotopic (exact) mass is 484 g/mol. The molecule has 36 heavy (non-hydrogen) atoms. The summed E-state index contributed by atoms with van der Waals surface area (Å²) >= 11 is 0. The standard InChI is InChI=1S/C28H28N4O4/c1-17-3-6-25-23(13-17)30-27(36-25)18-7-10-32(11-8-18)26-21-5-4-19(35-20-9-12-34-16-20)14-24(21)31(2)28(33)22(26)15-29/h3-6,13-14,18,20H,7-12,16H2,1-2H3. The van der Waals surface area contributed by atoms with Gasteiger partial charge in [0, 0.05) is 43.9 Å². The van der Waals surface area contributed by atoms with Gasteiger partial charge in [0.05, 0.1) is 24.4 Å². The maximum Gasteiger partial charge on any atom is 0.270 e. The summed E-state index contributed by atoms with van der Waals surface area (Å²) in [6, 6.07) is 14.0. The molecule has 8 heteroatoms. The fourth-order valence-corrected chi connectivity index (χ4v) is 5.38. The molecular weight excluding hydrogens is 456 g/mol. The minimum atomic E-state index is -0.294. The number of piperidine rings is 1. The third-order valence-electron chi connectivity index (χ3n) is 7.36. The smallest absolute Gasteiger partial charge is 0.270 e. The maximum atomic E-state index is 13.2. The molecule has 0 spiro atoms. The molecule has 1 atom stereocenters. The molecule has 2 aromatic carbocycles. The number of ether oxygens (including phenoxy) is 2. The second kappa shape index (κ2) is 8.99. The molecule has 184 valence electrons. The summed E-state index contributed by atoms with van der Waals surface area (Å²) in [6.45, 7) is 4.73. The van der Waals surface area contributed by atoms with Gasteiger partial charge in [-0.1, -0.05) is 6.07 Å². The first-order valence-corrected chi connectivity index (χ1v) is 12.4. The molecule has 2 aromatic heterocycles. The Balaban J connectivity index is 1.31. The van der Waals surface area contributed by atoms with Crippen molar-refractivity contribution in [1.29, 1.82) is 5.26 Å². The molecule has 2 fully saturated rings. The molecule has 0 radical (unpaired) electrons. The van der Waals surface area contributed by atoms with Crippen molar-refractivity contribution in [2.75, 3.05) is 31.2 Å². The molecule has 0 aliphatic carbocycles. The van der Waals surface area contributed by atoms with Crippen LogP contribution in [-0.4, -0.2) is 42.0 Å². The van der Waals surface area contributed by atoms with E-state index in [9.17, 15) is 10.1 Å². The Labute approximate surface area is 208 Å². The number of oxazole rings is 1. The highest BCUT2D eigenvalue weighted by Crippen LogP contribution is 2.36. The highest BCUT2D eigenvalue weighted by molar-refractivity contribution is 5.95. The van der Waals surface area contributed by atoms with Crippen LogP contribution in [0.5, 0.6) is 5.75 Å². The molecule has 0 saturated carbocycles. The van der Waals surface area contributed by atoms with Crippen molar-refractivity contribution in [3.8, 4) is 11.8 Å². The SMILES string of the molecule is Cc1ccc2oc(C3CCN(c4c(C#N)c(=O)n(C)c5cc(OC6CCOC6)ccc45)CC3)nc2c1. The predicted molar refractivity (Wildman–Crippen MR) is 137 cm³/mol. The molecule has 4 aromatic rings. The molecule has 0 bridgehead atoms. The summed E-state index contributed by atoms with van der Waals surface area (Å²) in [5, 5.41) is 10.8. The van der Waals surface area contributed by atoms with Crippen LogP contribution in [0.25, 0.3) is 22.0 Å². The van der Waals surface area contributed by atoms with Crippen molar-refractivity contribution >= 4 is 27.7 Å². The maximum absolute atomic E-state index is 13.2. The van der Waals surface area contributed by atoms with Crippen molar-refractivity contribution in [3.63, 3.8) is 0 Å². The van der Waals surface area contributed by atoms with E-state index in [0.717, 1.165) is 52.7 Å². The lowest BCUT2D eigenvalue weighted by molar-refractivity contribution is 0.141. The van der Waals surface area contributed by atoms with Crippen LogP contribution in [0.3, 0.4) is 0 Å². The number of benzene rings is 2. The van der Waals surface area contributed by atoms with Gasteiger partial charge in [-0.15, -0.1) is 0 Å². The minimum absolute atomic E-state index is 0.0205. The van der Waals surface area contributed by atoms with Gasteiger partial charge in [0.25, 0.3) is 5.56 Å². The van der Waals surface area contributed by atoms with E-state index >= 15 is 0 Å². The zero-order chi connectivity index (χ0) is 24.8. The predicted octanol–water partition coefficient (Wildman–Crippen LogP) is 4.41. The van der Waals surface area contributed by atoms with Crippen LogP contribution in [-0.2, 0) is 11.8 Å². The van der Waals surface area contributed by atoms with Crippen LogP contribution in [0, 0.1) is 18.3 Å². The van der Waals surface area contributed by atoms with E-state index in [2.05, 4.69) is 11.0 Å². The van der Waals surface area contributed by atoms with E-state index in [1.54, 1.807) is 11.6 Å². The van der Waals surface area contributed by atoms with E-state index in [-0.39, 0.29) is 23.1 Å². The Morgan fingerprint density at radius 3 is 2.72 bits per heavy atom. The van der Waals surface area contributed by atoms with Gasteiger partial charge in [0.1, 0.15) is 29.0 Å². The van der Waals surface area contributed by atoms with Crippen molar-refractivity contribution in [2.45, 2.75) is 38.2 Å². The summed E-state index contributed by atoms with van der Waals surface area (Å²) in [4.78, 5) is 20.1. The Hall–Kier alpha value is -3.83. The number of hydrogen-bond donors (Lipinski definition) is 0. The van der Waals surface area contributed by atoms with E-state index in [1.165, 1.54) is 0 Å². The number of anilines is 1. The Morgan fingerprint density at radius 2 is 1.97 bits per heavy atom. The number of nitrogens with zero attached hydrogens (tertiary/aromatic N) is 4. The van der Waals surface area contributed by atoms with E-state index in [1.807, 2.05) is 43.3 Å². The Kier molecular flexibility index (Phi) is 5.65. The molecule has 4 heterocycles. The molecule has 2 aliphatic rings. The molecule has 0 N–H and O–H groups in total. The zero-order valence-corrected chi connectivity index (χ0v) is 20.5. The van der Waals surface area contributed by atoms with Crippen molar-refractivity contribution in [1.82, 2.24) is 9.55 Å². The van der Waals surface area contributed by atoms with E-state index < -0.39 is 0 Å². The van der Waals surface area contributed by atoms with E-state index in [4.69, 9.17) is 18.9 Å². The molecule has 1 unspecified atom stereocenters. The van der Waals surface area contributed by atoms with Crippen LogP contribution in [0.1, 0.15) is 42.2 Å². The van der Waals surface area contributed by atoms with Gasteiger partial charge in [-0.25, -0.2) is 4.98 Å². The number of fused-ring (bicyclic) bond motifs is 2. The average molecular weight is 485 g/mol. The topological polar surface area (TPSA) is 93.5 Å². The highest BCUT2D eigenvalue weighted by Gasteiger charge is 2.29. The molecule has 2 saturated heterocycles. The molecule has 2 aliphatic heterocycles. The fourth-order valence-electron chi connectivity index (χ4n) is 5.38. The van der Waals surface area contributed by atoms with Crippen molar-refractivity contribution in [3.05, 3.63) is 63.8 Å². The van der Waals surface area contributed by atoms with Gasteiger partial charge < -0.3 is 23.4 Å². The quantitative estimate of drug-likeness (QED) is 0.423. The first-order chi connectivity index (χ1) is 17.5. The lowest BCUT2D eigenvalue weighted by Crippen LogP contribution is -2.35. The summed E-state index contributed by atoms with van der Waals surface area (Å²) in [5.41, 5.74) is 4.20. The van der Waals surface area contributed by atoms with Gasteiger partial charge in [-0.3, -0.25) is 4.79 Å². The number of rotatable bonds is 4. The van der Waals surface area contributed by atoms with Gasteiger partial charge in [-0.05, 0) is 49.6 Å². The molecular formula is C28H28N4O4. The van der Waals surface area contributed by atoms with Crippen molar-refractivity contribution < 1.29 is 13.9 Å². The second-order valence-electron chi connectivity index (χ2n) is 9.77. The number of pyridine rings is 1. The van der Waals surface area contributed by atoms with Crippen LogP contribution in [0.2, 0.25) is 0 Å². The summed E-state index contributed by atoms with van der Waals surface area (Å²) in [5.74, 6) is 1.67. The lowest BCUT2D eigenvalue weighted by Gasteiger charge is -2.33. The fraction of sp³-hybridized carbons (Fsp3) is 0.393. The average Bonchev–Trinajstić information content (AvgIpc) is 3.56. The first kappa shape index (κ1) is 22.6. The molecule has 6 rings (SSSR count). The van der Waals surface area contributed by atoms with Crippen LogP contribution < -0.4 is 15.2 Å². The number of hydrogen-bond acceptors (Lipinski definition) is 7. The summed E-state index contributed by atoms with van der Waals surface area (Å²) in [6.07, 6.45) is 2.53. The van der Waals surface area contributed by atoms with E-state index in [0.29, 0.717) is 37.7 Å².